The SMILES string of the molecule is CCO[Si](CCNC(=O)NCCCCOC)(OCC)OCC. The van der Waals surface area contributed by atoms with E-state index in [-0.39, 0.29) is 6.03 Å². The highest BCUT2D eigenvalue weighted by Gasteiger charge is 2.39. The van der Waals surface area contributed by atoms with E-state index in [1.165, 1.54) is 0 Å². The van der Waals surface area contributed by atoms with E-state index in [2.05, 4.69) is 10.6 Å². The lowest BCUT2D eigenvalue weighted by Gasteiger charge is -2.28. The Bertz CT molecular complexity index is 265. The van der Waals surface area contributed by atoms with Gasteiger partial charge < -0.3 is 28.6 Å². The van der Waals surface area contributed by atoms with Gasteiger partial charge in [-0.15, -0.1) is 0 Å². The second-order valence-electron chi connectivity index (χ2n) is 4.61. The second-order valence-corrected chi connectivity index (χ2v) is 7.35. The Kier molecular flexibility index (Phi) is 13.5. The van der Waals surface area contributed by atoms with E-state index in [4.69, 9.17) is 18.0 Å². The van der Waals surface area contributed by atoms with Crippen molar-refractivity contribution in [2.45, 2.75) is 39.7 Å². The smallest absolute Gasteiger partial charge is 0.385 e. The lowest BCUT2D eigenvalue weighted by atomic mass is 10.3. The molecule has 0 fully saturated rings. The predicted molar refractivity (Wildman–Crippen MR) is 88.0 cm³/mol. The highest BCUT2D eigenvalue weighted by Crippen LogP contribution is 2.15. The third-order valence-electron chi connectivity index (χ3n) is 2.87. The molecule has 0 rings (SSSR count). The maximum atomic E-state index is 11.7. The summed E-state index contributed by atoms with van der Waals surface area (Å²) in [4.78, 5) is 11.7. The van der Waals surface area contributed by atoms with Crippen LogP contribution in [0.4, 0.5) is 4.79 Å². The molecule has 0 saturated heterocycles. The fraction of sp³-hybridized carbons (Fsp3) is 0.929. The van der Waals surface area contributed by atoms with Gasteiger partial charge in [0.15, 0.2) is 0 Å². The number of amides is 2. The molecular formula is C14H32N2O5Si. The number of ether oxygens (including phenoxy) is 1. The molecule has 132 valence electrons. The highest BCUT2D eigenvalue weighted by atomic mass is 28.4. The van der Waals surface area contributed by atoms with E-state index in [0.29, 0.717) is 45.6 Å². The van der Waals surface area contributed by atoms with Gasteiger partial charge in [0.25, 0.3) is 0 Å². The number of hydrogen-bond donors (Lipinski definition) is 2. The normalized spacial score (nSPS) is 11.5. The summed E-state index contributed by atoms with van der Waals surface area (Å²) in [5, 5.41) is 5.63. The van der Waals surface area contributed by atoms with Gasteiger partial charge in [-0.3, -0.25) is 0 Å². The summed E-state index contributed by atoms with van der Waals surface area (Å²) < 4.78 is 22.1. The van der Waals surface area contributed by atoms with Gasteiger partial charge in [-0.2, -0.15) is 0 Å². The van der Waals surface area contributed by atoms with E-state index < -0.39 is 8.80 Å². The molecule has 0 aromatic rings. The molecule has 0 heterocycles. The number of carbonyl (C=O) groups is 1. The maximum Gasteiger partial charge on any atom is 0.502 e. The quantitative estimate of drug-likeness (QED) is 0.373. The van der Waals surface area contributed by atoms with Crippen molar-refractivity contribution in [3.8, 4) is 0 Å². The van der Waals surface area contributed by atoms with Crippen molar-refractivity contribution >= 4 is 14.8 Å². The minimum absolute atomic E-state index is 0.176. The topological polar surface area (TPSA) is 78.1 Å². The molecule has 8 heteroatoms. The van der Waals surface area contributed by atoms with E-state index in [1.54, 1.807) is 7.11 Å². The fourth-order valence-corrected chi connectivity index (χ4v) is 4.40. The first-order valence-electron chi connectivity index (χ1n) is 8.06. The number of methoxy groups -OCH3 is 1. The lowest BCUT2D eigenvalue weighted by Crippen LogP contribution is -2.49. The van der Waals surface area contributed by atoms with Crippen molar-refractivity contribution in [3.05, 3.63) is 0 Å². The molecule has 22 heavy (non-hydrogen) atoms. The fourth-order valence-electron chi connectivity index (χ4n) is 1.97. The van der Waals surface area contributed by atoms with Crippen LogP contribution in [0.3, 0.4) is 0 Å². The van der Waals surface area contributed by atoms with Crippen LogP contribution in [0.15, 0.2) is 0 Å². The number of unbranched alkanes of at least 4 members (excludes halogenated alkanes) is 1. The first-order valence-corrected chi connectivity index (χ1v) is 9.99. The molecule has 0 saturated carbocycles. The second kappa shape index (κ2) is 14.0. The van der Waals surface area contributed by atoms with Gasteiger partial charge in [0.05, 0.1) is 0 Å². The summed E-state index contributed by atoms with van der Waals surface area (Å²) in [6, 6.07) is 0.393. The van der Waals surface area contributed by atoms with E-state index in [0.717, 1.165) is 12.8 Å². The van der Waals surface area contributed by atoms with Crippen molar-refractivity contribution in [1.29, 1.82) is 0 Å². The molecule has 0 unspecified atom stereocenters. The molecule has 0 atom stereocenters. The summed E-state index contributed by atoms with van der Waals surface area (Å²) in [5.41, 5.74) is 0. The van der Waals surface area contributed by atoms with Crippen LogP contribution in [-0.2, 0) is 18.0 Å². The molecule has 0 bridgehead atoms. The maximum absolute atomic E-state index is 11.7. The lowest BCUT2D eigenvalue weighted by molar-refractivity contribution is 0.0716. The Morgan fingerprint density at radius 1 is 0.909 bits per heavy atom. The van der Waals surface area contributed by atoms with E-state index in [1.807, 2.05) is 20.8 Å². The van der Waals surface area contributed by atoms with Gasteiger partial charge in [-0.25, -0.2) is 4.79 Å². The van der Waals surface area contributed by atoms with Crippen LogP contribution in [0.2, 0.25) is 6.04 Å². The van der Waals surface area contributed by atoms with Crippen LogP contribution < -0.4 is 10.6 Å². The minimum Gasteiger partial charge on any atom is -0.385 e. The van der Waals surface area contributed by atoms with Gasteiger partial charge in [-0.05, 0) is 33.6 Å². The van der Waals surface area contributed by atoms with Gasteiger partial charge in [0.1, 0.15) is 0 Å². The van der Waals surface area contributed by atoms with Crippen LogP contribution in [-0.4, -0.2) is 61.5 Å². The average molecular weight is 337 g/mol. The number of hydrogen-bond acceptors (Lipinski definition) is 5. The third kappa shape index (κ3) is 10.1. The Hall–Kier alpha value is -0.673. The molecule has 0 aliphatic rings. The van der Waals surface area contributed by atoms with Crippen molar-refractivity contribution in [1.82, 2.24) is 10.6 Å². The van der Waals surface area contributed by atoms with Crippen molar-refractivity contribution in [3.63, 3.8) is 0 Å². The molecule has 0 aliphatic carbocycles. The Morgan fingerprint density at radius 2 is 1.45 bits per heavy atom. The van der Waals surface area contributed by atoms with Crippen LogP contribution in [0.5, 0.6) is 0 Å². The summed E-state index contributed by atoms with van der Waals surface area (Å²) in [5.74, 6) is 0. The average Bonchev–Trinajstić information content (AvgIpc) is 2.48. The molecule has 7 nitrogen and oxygen atoms in total. The largest absolute Gasteiger partial charge is 0.502 e. The summed E-state index contributed by atoms with van der Waals surface area (Å²) in [6.07, 6.45) is 1.84. The van der Waals surface area contributed by atoms with Crippen LogP contribution in [0.25, 0.3) is 0 Å². The zero-order chi connectivity index (χ0) is 16.7. The first kappa shape index (κ1) is 21.3. The monoisotopic (exact) mass is 336 g/mol. The number of rotatable bonds is 14. The summed E-state index contributed by atoms with van der Waals surface area (Å²) in [6.45, 7) is 9.19. The molecule has 0 aliphatic heterocycles. The third-order valence-corrected chi connectivity index (χ3v) is 5.92. The first-order chi connectivity index (χ1) is 10.6. The van der Waals surface area contributed by atoms with E-state index >= 15 is 0 Å². The van der Waals surface area contributed by atoms with E-state index in [9.17, 15) is 4.79 Å². The van der Waals surface area contributed by atoms with Crippen molar-refractivity contribution in [2.75, 3.05) is 46.6 Å². The Morgan fingerprint density at radius 3 is 1.95 bits per heavy atom. The minimum atomic E-state index is -2.67. The molecule has 2 amide bonds. The molecule has 0 aromatic carbocycles. The van der Waals surface area contributed by atoms with Crippen molar-refractivity contribution in [2.24, 2.45) is 0 Å². The molecule has 0 aromatic heterocycles. The van der Waals surface area contributed by atoms with Crippen LogP contribution in [0, 0.1) is 0 Å². The molecular weight excluding hydrogens is 304 g/mol. The molecule has 0 spiro atoms. The Balaban J connectivity index is 4.01. The van der Waals surface area contributed by atoms with Gasteiger partial charge >= 0.3 is 14.8 Å². The van der Waals surface area contributed by atoms with Gasteiger partial charge in [0.2, 0.25) is 0 Å². The number of nitrogens with one attached hydrogen (secondary N) is 2. The zero-order valence-electron chi connectivity index (χ0n) is 14.4. The Labute approximate surface area is 135 Å². The van der Waals surface area contributed by atoms with Crippen LogP contribution in [0.1, 0.15) is 33.6 Å². The predicted octanol–water partition coefficient (Wildman–Crippen LogP) is 1.76. The summed E-state index contributed by atoms with van der Waals surface area (Å²) >= 11 is 0. The van der Waals surface area contributed by atoms with Gasteiger partial charge in [-0.1, -0.05) is 0 Å². The molecule has 2 N–H and O–H groups in total. The van der Waals surface area contributed by atoms with Crippen LogP contribution >= 0.6 is 0 Å². The van der Waals surface area contributed by atoms with Gasteiger partial charge in [0, 0.05) is 52.7 Å². The zero-order valence-corrected chi connectivity index (χ0v) is 15.4. The molecule has 0 radical (unpaired) electrons. The standard InChI is InChI=1S/C14H32N2O5Si/c1-5-19-22(20-6-2,21-7-3)13-11-16-14(17)15-10-8-9-12-18-4/h5-13H2,1-4H3,(H2,15,16,17). The number of urea groups is 1. The summed E-state index contributed by atoms with van der Waals surface area (Å²) in [7, 11) is -0.998. The van der Waals surface area contributed by atoms with Crippen molar-refractivity contribution < 1.29 is 22.8 Å². The number of carbonyl (C=O) groups excluding carboxylic acids is 1. The highest BCUT2D eigenvalue weighted by molar-refractivity contribution is 6.60.